The third-order valence-corrected chi connectivity index (χ3v) is 4.00. The maximum Gasteiger partial charge on any atom is 0.180 e. The van der Waals surface area contributed by atoms with Crippen LogP contribution in [0.5, 0.6) is 11.5 Å². The molecule has 0 aliphatic carbocycles. The Morgan fingerprint density at radius 2 is 2.04 bits per heavy atom. The van der Waals surface area contributed by atoms with Crippen molar-refractivity contribution in [1.29, 1.82) is 5.26 Å². The molecule has 0 aliphatic rings. The second kappa shape index (κ2) is 7.05. The fourth-order valence-electron chi connectivity index (χ4n) is 2.75. The van der Waals surface area contributed by atoms with Crippen molar-refractivity contribution in [2.45, 2.75) is 26.2 Å². The lowest BCUT2D eigenvalue weighted by Gasteiger charge is -2.08. The first kappa shape index (κ1) is 15.9. The molecule has 0 bridgehead atoms. The maximum atomic E-state index is 10.5. The first-order chi connectivity index (χ1) is 11.7. The SMILES string of the molecule is Cc1nc2c(O)c(CCCOc3ccccc3)ccn2c1CC#N. The smallest absolute Gasteiger partial charge is 0.180 e. The van der Waals surface area contributed by atoms with Gasteiger partial charge in [0, 0.05) is 6.20 Å². The molecule has 3 aromatic rings. The van der Waals surface area contributed by atoms with Crippen LogP contribution in [0.25, 0.3) is 5.65 Å². The summed E-state index contributed by atoms with van der Waals surface area (Å²) in [5.41, 5.74) is 2.95. The van der Waals surface area contributed by atoms with Crippen molar-refractivity contribution >= 4 is 5.65 Å². The number of hydrogen-bond donors (Lipinski definition) is 1. The largest absolute Gasteiger partial charge is 0.504 e. The molecule has 0 saturated heterocycles. The summed E-state index contributed by atoms with van der Waals surface area (Å²) in [4.78, 5) is 4.40. The predicted molar refractivity (Wildman–Crippen MR) is 91.2 cm³/mol. The van der Waals surface area contributed by atoms with Crippen molar-refractivity contribution in [3.05, 3.63) is 59.5 Å². The van der Waals surface area contributed by atoms with E-state index in [4.69, 9.17) is 10.00 Å². The number of para-hydroxylation sites is 1. The van der Waals surface area contributed by atoms with E-state index in [-0.39, 0.29) is 12.2 Å². The molecule has 1 aromatic carbocycles. The molecule has 2 heterocycles. The third kappa shape index (κ3) is 3.18. The van der Waals surface area contributed by atoms with E-state index < -0.39 is 0 Å². The van der Waals surface area contributed by atoms with E-state index in [0.717, 1.165) is 29.1 Å². The zero-order valence-electron chi connectivity index (χ0n) is 13.6. The van der Waals surface area contributed by atoms with Gasteiger partial charge in [-0.1, -0.05) is 18.2 Å². The molecule has 0 amide bonds. The number of ether oxygens (including phenoxy) is 1. The summed E-state index contributed by atoms with van der Waals surface area (Å²) in [6.07, 6.45) is 3.64. The fraction of sp³-hybridized carbons (Fsp3) is 0.263. The van der Waals surface area contributed by atoms with Gasteiger partial charge < -0.3 is 9.84 Å². The Morgan fingerprint density at radius 3 is 2.79 bits per heavy atom. The molecule has 24 heavy (non-hydrogen) atoms. The standard InChI is InChI=1S/C19H19N3O2/c1-14-17(9-11-20)22-12-10-15(18(23)19(22)21-14)6-5-13-24-16-7-3-2-4-8-16/h2-4,7-8,10,12,23H,5-6,9,13H2,1H3. The second-order valence-corrected chi connectivity index (χ2v) is 5.63. The van der Waals surface area contributed by atoms with Crippen molar-refractivity contribution in [3.63, 3.8) is 0 Å². The van der Waals surface area contributed by atoms with Crippen LogP contribution in [0.15, 0.2) is 42.6 Å². The molecule has 1 N–H and O–H groups in total. The monoisotopic (exact) mass is 321 g/mol. The van der Waals surface area contributed by atoms with Gasteiger partial charge in [-0.2, -0.15) is 5.26 Å². The highest BCUT2D eigenvalue weighted by Crippen LogP contribution is 2.26. The van der Waals surface area contributed by atoms with Crippen LogP contribution in [0.1, 0.15) is 23.4 Å². The average Bonchev–Trinajstić information content (AvgIpc) is 2.92. The van der Waals surface area contributed by atoms with Crippen molar-refractivity contribution in [2.24, 2.45) is 0 Å². The van der Waals surface area contributed by atoms with Gasteiger partial charge in [0.15, 0.2) is 11.4 Å². The number of imidazole rings is 1. The Kier molecular flexibility index (Phi) is 4.66. The number of aryl methyl sites for hydroxylation is 2. The fourth-order valence-corrected chi connectivity index (χ4v) is 2.75. The minimum absolute atomic E-state index is 0.185. The van der Waals surface area contributed by atoms with Crippen LogP contribution < -0.4 is 4.74 Å². The van der Waals surface area contributed by atoms with E-state index in [2.05, 4.69) is 11.1 Å². The zero-order chi connectivity index (χ0) is 16.9. The molecule has 3 rings (SSSR count). The van der Waals surface area contributed by atoms with E-state index in [1.807, 2.05) is 49.5 Å². The highest BCUT2D eigenvalue weighted by atomic mass is 16.5. The number of aromatic hydroxyl groups is 1. The van der Waals surface area contributed by atoms with Crippen molar-refractivity contribution < 1.29 is 9.84 Å². The van der Waals surface area contributed by atoms with Gasteiger partial charge in [-0.05, 0) is 43.5 Å². The molecule has 2 aromatic heterocycles. The van der Waals surface area contributed by atoms with Gasteiger partial charge in [0.2, 0.25) is 0 Å². The Balaban J connectivity index is 1.69. The third-order valence-electron chi connectivity index (χ3n) is 4.00. The highest BCUT2D eigenvalue weighted by Gasteiger charge is 2.14. The quantitative estimate of drug-likeness (QED) is 0.706. The number of nitrogens with zero attached hydrogens (tertiary/aromatic N) is 3. The van der Waals surface area contributed by atoms with E-state index >= 15 is 0 Å². The summed E-state index contributed by atoms with van der Waals surface area (Å²) in [5, 5.41) is 19.4. The molecule has 0 atom stereocenters. The van der Waals surface area contributed by atoms with Gasteiger partial charge in [-0.15, -0.1) is 0 Å². The summed E-state index contributed by atoms with van der Waals surface area (Å²) >= 11 is 0. The number of fused-ring (bicyclic) bond motifs is 1. The van der Waals surface area contributed by atoms with E-state index in [1.165, 1.54) is 0 Å². The second-order valence-electron chi connectivity index (χ2n) is 5.63. The van der Waals surface area contributed by atoms with Crippen LogP contribution in [0.2, 0.25) is 0 Å². The average molecular weight is 321 g/mol. The zero-order valence-corrected chi connectivity index (χ0v) is 13.6. The van der Waals surface area contributed by atoms with Gasteiger partial charge in [0.25, 0.3) is 0 Å². The van der Waals surface area contributed by atoms with Crippen molar-refractivity contribution in [2.75, 3.05) is 6.61 Å². The molecule has 0 saturated carbocycles. The normalized spacial score (nSPS) is 10.7. The van der Waals surface area contributed by atoms with Crippen LogP contribution in [-0.4, -0.2) is 21.1 Å². The first-order valence-electron chi connectivity index (χ1n) is 7.94. The number of hydrogen-bond acceptors (Lipinski definition) is 4. The summed E-state index contributed by atoms with van der Waals surface area (Å²) < 4.78 is 7.46. The highest BCUT2D eigenvalue weighted by molar-refractivity contribution is 5.59. The molecule has 5 nitrogen and oxygen atoms in total. The summed E-state index contributed by atoms with van der Waals surface area (Å²) in [7, 11) is 0. The summed E-state index contributed by atoms with van der Waals surface area (Å²) in [6.45, 7) is 2.44. The number of nitriles is 1. The summed E-state index contributed by atoms with van der Waals surface area (Å²) in [5.74, 6) is 1.03. The molecule has 122 valence electrons. The molecule has 0 spiro atoms. The number of pyridine rings is 1. The lowest BCUT2D eigenvalue weighted by molar-refractivity contribution is 0.310. The first-order valence-corrected chi connectivity index (χ1v) is 7.94. The van der Waals surface area contributed by atoms with Crippen molar-refractivity contribution in [3.8, 4) is 17.6 Å². The summed E-state index contributed by atoms with van der Waals surface area (Å²) in [6, 6.07) is 13.7. The van der Waals surface area contributed by atoms with Crippen molar-refractivity contribution in [1.82, 2.24) is 9.38 Å². The van der Waals surface area contributed by atoms with Crippen LogP contribution >= 0.6 is 0 Å². The van der Waals surface area contributed by atoms with Crippen LogP contribution in [0, 0.1) is 18.3 Å². The Labute approximate surface area is 140 Å². The molecule has 0 aliphatic heterocycles. The number of benzene rings is 1. The van der Waals surface area contributed by atoms with Crippen LogP contribution in [0.3, 0.4) is 0 Å². The molecule has 0 fully saturated rings. The molecule has 0 radical (unpaired) electrons. The molecular weight excluding hydrogens is 302 g/mol. The van der Waals surface area contributed by atoms with E-state index in [9.17, 15) is 5.11 Å². The lowest BCUT2D eigenvalue weighted by atomic mass is 10.1. The molecular formula is C19H19N3O2. The van der Waals surface area contributed by atoms with E-state index in [1.54, 1.807) is 4.40 Å². The number of aromatic nitrogens is 2. The maximum absolute atomic E-state index is 10.5. The Hall–Kier alpha value is -3.00. The van der Waals surface area contributed by atoms with Gasteiger partial charge >= 0.3 is 0 Å². The van der Waals surface area contributed by atoms with Crippen LogP contribution in [0.4, 0.5) is 0 Å². The van der Waals surface area contributed by atoms with Gasteiger partial charge in [0.1, 0.15) is 5.75 Å². The predicted octanol–water partition coefficient (Wildman–Crippen LogP) is 3.43. The minimum atomic E-state index is 0.185. The molecule has 0 unspecified atom stereocenters. The van der Waals surface area contributed by atoms with E-state index in [0.29, 0.717) is 18.7 Å². The Bertz CT molecular complexity index is 879. The minimum Gasteiger partial charge on any atom is -0.504 e. The number of rotatable bonds is 6. The van der Waals surface area contributed by atoms with Gasteiger partial charge in [-0.25, -0.2) is 4.98 Å². The van der Waals surface area contributed by atoms with Gasteiger partial charge in [0.05, 0.1) is 30.5 Å². The molecule has 5 heteroatoms. The topological polar surface area (TPSA) is 70.6 Å². The Morgan fingerprint density at radius 1 is 1.25 bits per heavy atom. The van der Waals surface area contributed by atoms with Crippen LogP contribution in [-0.2, 0) is 12.8 Å². The lowest BCUT2D eigenvalue weighted by Crippen LogP contribution is -2.00. The van der Waals surface area contributed by atoms with Gasteiger partial charge in [-0.3, -0.25) is 4.40 Å².